The fourth-order valence-corrected chi connectivity index (χ4v) is 10.1. The smallest absolute Gasteiger partial charge is 0.306 e. The molecule has 6 rings (SSSR count). The highest BCUT2D eigenvalue weighted by Gasteiger charge is 2.60. The molecule has 2 saturated carbocycles. The molecule has 0 unspecified atom stereocenters. The number of carbonyl (C=O) groups is 1. The lowest BCUT2D eigenvalue weighted by Crippen LogP contribution is -2.50. The van der Waals surface area contributed by atoms with E-state index in [1.165, 1.54) is 42.7 Å². The maximum absolute atomic E-state index is 12.4. The fraction of sp³-hybridized carbons (Fsp3) is 0.806. The molecule has 5 aliphatic rings. The first-order valence-electron chi connectivity index (χ1n) is 15.4. The Kier molecular flexibility index (Phi) is 7.64. The number of rotatable bonds is 8. The van der Waals surface area contributed by atoms with Gasteiger partial charge >= 0.3 is 5.97 Å². The minimum Gasteiger partial charge on any atom is -0.462 e. The molecule has 0 amide bonds. The van der Waals surface area contributed by atoms with Crippen LogP contribution in [0.25, 0.3) is 5.57 Å². The summed E-state index contributed by atoms with van der Waals surface area (Å²) >= 11 is 1.89. The van der Waals surface area contributed by atoms with Gasteiger partial charge < -0.3 is 14.8 Å². The van der Waals surface area contributed by atoms with E-state index in [0.717, 1.165) is 76.1 Å². The normalized spacial score (nSPS) is 36.4. The average molecular weight is 542 g/mol. The van der Waals surface area contributed by atoms with Gasteiger partial charge in [0, 0.05) is 31.5 Å². The lowest BCUT2D eigenvalue weighted by Gasteiger charge is -2.56. The number of allylic oxidation sites excluding steroid dienone is 2. The summed E-state index contributed by atoms with van der Waals surface area (Å²) < 4.78 is 11.6. The molecule has 7 heteroatoms. The quantitative estimate of drug-likeness (QED) is 0.314. The molecule has 4 aliphatic carbocycles. The van der Waals surface area contributed by atoms with Crippen molar-refractivity contribution in [1.29, 1.82) is 0 Å². The van der Waals surface area contributed by atoms with Gasteiger partial charge in [0.2, 0.25) is 0 Å². The number of nitrogens with zero attached hydrogens (tertiary/aromatic N) is 2. The Balaban J connectivity index is 1.13. The summed E-state index contributed by atoms with van der Waals surface area (Å²) in [5, 5.41) is 4.76. The van der Waals surface area contributed by atoms with Crippen LogP contribution < -0.4 is 5.32 Å². The first-order chi connectivity index (χ1) is 18.4. The lowest BCUT2D eigenvalue weighted by atomic mass is 9.48. The van der Waals surface area contributed by atoms with Crippen molar-refractivity contribution in [1.82, 2.24) is 9.88 Å². The third-order valence-electron chi connectivity index (χ3n) is 11.0. The van der Waals surface area contributed by atoms with Crippen molar-refractivity contribution >= 4 is 28.0 Å². The second kappa shape index (κ2) is 10.9. The van der Waals surface area contributed by atoms with Crippen LogP contribution in [0.5, 0.6) is 0 Å². The molecule has 6 atom stereocenters. The van der Waals surface area contributed by atoms with Gasteiger partial charge in [-0.2, -0.15) is 0 Å². The molecule has 1 saturated heterocycles. The van der Waals surface area contributed by atoms with Crippen LogP contribution in [0.3, 0.4) is 0 Å². The molecule has 1 N–H and O–H groups in total. The van der Waals surface area contributed by atoms with Crippen molar-refractivity contribution in [3.63, 3.8) is 0 Å². The maximum atomic E-state index is 12.4. The van der Waals surface area contributed by atoms with E-state index in [9.17, 15) is 4.79 Å². The average Bonchev–Trinajstić information content (AvgIpc) is 3.47. The van der Waals surface area contributed by atoms with Gasteiger partial charge in [0.1, 0.15) is 6.10 Å². The van der Waals surface area contributed by atoms with Crippen molar-refractivity contribution in [3.8, 4) is 0 Å². The molecule has 1 aliphatic heterocycles. The number of morpholine rings is 1. The monoisotopic (exact) mass is 541 g/mol. The zero-order valence-corrected chi connectivity index (χ0v) is 24.5. The third kappa shape index (κ3) is 4.75. The van der Waals surface area contributed by atoms with E-state index in [0.29, 0.717) is 18.3 Å². The van der Waals surface area contributed by atoms with Crippen molar-refractivity contribution in [2.75, 3.05) is 44.7 Å². The number of thiazole rings is 1. The second-order valence-corrected chi connectivity index (χ2v) is 14.0. The summed E-state index contributed by atoms with van der Waals surface area (Å²) in [4.78, 5) is 21.4. The molecule has 3 fully saturated rings. The molecule has 0 aromatic carbocycles. The van der Waals surface area contributed by atoms with Gasteiger partial charge in [0.05, 0.1) is 23.8 Å². The molecule has 2 heterocycles. The first kappa shape index (κ1) is 26.8. The van der Waals surface area contributed by atoms with Crippen molar-refractivity contribution in [2.24, 2.45) is 28.6 Å². The zero-order chi connectivity index (χ0) is 26.3. The van der Waals surface area contributed by atoms with Crippen LogP contribution in [0.1, 0.15) is 89.1 Å². The van der Waals surface area contributed by atoms with Crippen LogP contribution in [-0.4, -0.2) is 61.3 Å². The number of ether oxygens (including phenoxy) is 2. The van der Waals surface area contributed by atoms with Crippen LogP contribution in [0.2, 0.25) is 0 Å². The largest absolute Gasteiger partial charge is 0.462 e. The summed E-state index contributed by atoms with van der Waals surface area (Å²) in [6.45, 7) is 13.0. The van der Waals surface area contributed by atoms with Crippen LogP contribution in [0.15, 0.2) is 6.08 Å². The Bertz CT molecular complexity index is 1050. The Morgan fingerprint density at radius 2 is 2.05 bits per heavy atom. The van der Waals surface area contributed by atoms with Gasteiger partial charge in [0.25, 0.3) is 0 Å². The fourth-order valence-electron chi connectivity index (χ4n) is 8.84. The van der Waals surface area contributed by atoms with E-state index in [4.69, 9.17) is 14.5 Å². The van der Waals surface area contributed by atoms with Crippen LogP contribution in [-0.2, 0) is 20.7 Å². The van der Waals surface area contributed by atoms with Crippen LogP contribution >= 0.6 is 11.3 Å². The molecule has 0 bridgehead atoms. The van der Waals surface area contributed by atoms with Gasteiger partial charge in [-0.3, -0.25) is 9.69 Å². The molecule has 210 valence electrons. The van der Waals surface area contributed by atoms with Gasteiger partial charge in [-0.15, -0.1) is 0 Å². The number of nitrogens with one attached hydrogen (secondary N) is 1. The minimum absolute atomic E-state index is 0.00907. The van der Waals surface area contributed by atoms with Gasteiger partial charge in [-0.05, 0) is 93.1 Å². The highest BCUT2D eigenvalue weighted by atomic mass is 32.1. The minimum atomic E-state index is 0.00907. The SMILES string of the molecule is CCCC(=O)O[C@H]1CC[C@H]2[C@@H]3CC=C4c5sc(NCCCN6CCOCC6)nc5CC[C@]4(C)[C@H]3CC[C@]12C. The number of fused-ring (bicyclic) bond motifs is 7. The Morgan fingerprint density at radius 1 is 1.21 bits per heavy atom. The van der Waals surface area contributed by atoms with E-state index < -0.39 is 0 Å². The van der Waals surface area contributed by atoms with E-state index >= 15 is 0 Å². The number of anilines is 1. The number of aromatic nitrogens is 1. The zero-order valence-electron chi connectivity index (χ0n) is 23.7. The van der Waals surface area contributed by atoms with E-state index in [2.05, 4.69) is 37.1 Å². The lowest BCUT2D eigenvalue weighted by molar-refractivity contribution is -0.159. The molecule has 6 nitrogen and oxygen atoms in total. The molecule has 0 spiro atoms. The number of esters is 1. The molecule has 0 radical (unpaired) electrons. The molecule has 1 aromatic rings. The Labute approximate surface area is 232 Å². The van der Waals surface area contributed by atoms with E-state index in [-0.39, 0.29) is 22.9 Å². The van der Waals surface area contributed by atoms with Crippen LogP contribution in [0.4, 0.5) is 5.13 Å². The highest BCUT2D eigenvalue weighted by Crippen LogP contribution is 2.66. The van der Waals surface area contributed by atoms with Gasteiger partial charge in [0.15, 0.2) is 5.13 Å². The summed E-state index contributed by atoms with van der Waals surface area (Å²) in [6, 6.07) is 0. The third-order valence-corrected chi connectivity index (χ3v) is 12.0. The summed E-state index contributed by atoms with van der Waals surface area (Å²) in [6.07, 6.45) is 13.5. The Morgan fingerprint density at radius 3 is 2.87 bits per heavy atom. The topological polar surface area (TPSA) is 63.7 Å². The number of hydrogen-bond acceptors (Lipinski definition) is 7. The Hall–Kier alpha value is -1.44. The predicted octanol–water partition coefficient (Wildman–Crippen LogP) is 6.17. The van der Waals surface area contributed by atoms with E-state index in [1.807, 2.05) is 11.3 Å². The number of aryl methyl sites for hydroxylation is 1. The molecular formula is C31H47N3O3S. The number of carbonyl (C=O) groups excluding carboxylic acids is 1. The summed E-state index contributed by atoms with van der Waals surface area (Å²) in [7, 11) is 0. The summed E-state index contributed by atoms with van der Waals surface area (Å²) in [5.74, 6) is 2.12. The van der Waals surface area contributed by atoms with Crippen molar-refractivity contribution in [2.45, 2.75) is 91.1 Å². The summed E-state index contributed by atoms with van der Waals surface area (Å²) in [5.41, 5.74) is 3.30. The standard InChI is InChI=1S/C31H47N3O3S/c1-4-6-27(35)37-26-10-9-22-21-7-8-24-28-25(12-14-30(24,2)23(21)11-13-31(22,26)3)33-29(38-28)32-15-5-16-34-17-19-36-20-18-34/h8,21-23,26H,4-7,9-20H2,1-3H3,(H,32,33)/t21-,22-,23-,26-,30+,31-/m0/s1. The van der Waals surface area contributed by atoms with Crippen molar-refractivity contribution in [3.05, 3.63) is 16.6 Å². The van der Waals surface area contributed by atoms with Gasteiger partial charge in [-0.1, -0.05) is 38.2 Å². The van der Waals surface area contributed by atoms with E-state index in [1.54, 1.807) is 5.57 Å². The molecule has 1 aromatic heterocycles. The van der Waals surface area contributed by atoms with Crippen LogP contribution in [0, 0.1) is 28.6 Å². The second-order valence-electron chi connectivity index (χ2n) is 13.0. The molecule has 38 heavy (non-hydrogen) atoms. The maximum Gasteiger partial charge on any atom is 0.306 e. The molecular weight excluding hydrogens is 494 g/mol. The number of hydrogen-bond donors (Lipinski definition) is 1. The first-order valence-corrected chi connectivity index (χ1v) is 16.2. The van der Waals surface area contributed by atoms with Crippen molar-refractivity contribution < 1.29 is 14.3 Å². The highest BCUT2D eigenvalue weighted by molar-refractivity contribution is 7.16. The predicted molar refractivity (Wildman–Crippen MR) is 153 cm³/mol. The van der Waals surface area contributed by atoms with Gasteiger partial charge in [-0.25, -0.2) is 4.98 Å².